The molecule has 0 bridgehead atoms. The molecule has 1 aromatic carbocycles. The molecular weight excluding hydrogens is 284 g/mol. The van der Waals surface area contributed by atoms with Crippen molar-refractivity contribution in [2.24, 2.45) is 4.99 Å². The van der Waals surface area contributed by atoms with Crippen LogP contribution in [-0.4, -0.2) is 21.4 Å². The van der Waals surface area contributed by atoms with Crippen molar-refractivity contribution in [1.82, 2.24) is 15.8 Å². The number of aliphatic imine (C=N–C) groups is 1. The second-order valence-electron chi connectivity index (χ2n) is 4.60. The molecule has 7 nitrogen and oxygen atoms in total. The molecule has 0 radical (unpaired) electrons. The minimum atomic E-state index is -2.97. The van der Waals surface area contributed by atoms with E-state index in [1.165, 1.54) is 6.07 Å². The van der Waals surface area contributed by atoms with Crippen molar-refractivity contribution in [3.63, 3.8) is 0 Å². The molecule has 9 heteroatoms. The summed E-state index contributed by atoms with van der Waals surface area (Å²) < 4.78 is 32.3. The number of alkyl halides is 2. The van der Waals surface area contributed by atoms with Crippen molar-refractivity contribution >= 4 is 11.7 Å². The number of hydroxylamine groups is 1. The summed E-state index contributed by atoms with van der Waals surface area (Å²) in [6.07, 6.45) is -0.497. The largest absolute Gasteiger partial charge is 0.379 e. The van der Waals surface area contributed by atoms with Crippen molar-refractivity contribution < 1.29 is 18.6 Å². The highest BCUT2D eigenvalue weighted by Crippen LogP contribution is 2.48. The molecule has 0 aliphatic heterocycles. The van der Waals surface area contributed by atoms with Crippen LogP contribution in [0.4, 0.5) is 14.6 Å². The summed E-state index contributed by atoms with van der Waals surface area (Å²) in [5.41, 5.74) is 7.57. The minimum Gasteiger partial charge on any atom is -0.379 e. The number of nitrogens with one attached hydrogen (secondary N) is 1. The highest BCUT2D eigenvalue weighted by molar-refractivity contribution is 5.99. The molecule has 0 spiro atoms. The first-order valence-electron chi connectivity index (χ1n) is 6.06. The maximum absolute atomic E-state index is 13.9. The number of hydrogen-bond donors (Lipinski definition) is 3. The van der Waals surface area contributed by atoms with Crippen LogP contribution in [0.1, 0.15) is 29.3 Å². The van der Waals surface area contributed by atoms with Crippen LogP contribution >= 0.6 is 0 Å². The lowest BCUT2D eigenvalue weighted by molar-refractivity contribution is -0.00635. The quantitative estimate of drug-likeness (QED) is 0.441. The Morgan fingerprint density at radius 3 is 2.86 bits per heavy atom. The third-order valence-electron chi connectivity index (χ3n) is 3.29. The topological polar surface area (TPSA) is 110 Å². The fourth-order valence-corrected chi connectivity index (χ4v) is 2.36. The lowest BCUT2D eigenvalue weighted by Gasteiger charge is -2.09. The zero-order chi connectivity index (χ0) is 15.0. The van der Waals surface area contributed by atoms with Gasteiger partial charge in [0.25, 0.3) is 5.92 Å². The lowest BCUT2D eigenvalue weighted by atomic mass is 10.1. The molecule has 0 amide bonds. The second-order valence-corrected chi connectivity index (χ2v) is 4.60. The third kappa shape index (κ3) is 2.21. The summed E-state index contributed by atoms with van der Waals surface area (Å²) in [4.78, 5) is 4.07. The summed E-state index contributed by atoms with van der Waals surface area (Å²) in [5, 5.41) is 15.9. The maximum Gasteiger partial charge on any atom is 0.275 e. The average molecular weight is 295 g/mol. The van der Waals surface area contributed by atoms with Crippen LogP contribution in [0.5, 0.6) is 0 Å². The highest BCUT2D eigenvalue weighted by atomic mass is 19.3. The SMILES string of the molecule is Nc1nonc1C(=NC1CC(F)(F)c2ccccc21)NO. The Morgan fingerprint density at radius 1 is 1.43 bits per heavy atom. The average Bonchev–Trinajstić information content (AvgIpc) is 2.99. The van der Waals surface area contributed by atoms with Gasteiger partial charge in [-0.25, -0.2) is 13.4 Å². The predicted octanol–water partition coefficient (Wildman–Crippen LogP) is 1.61. The Labute approximate surface area is 117 Å². The minimum absolute atomic E-state index is 0.0369. The number of fused-ring (bicyclic) bond motifs is 1. The molecule has 1 atom stereocenters. The van der Waals surface area contributed by atoms with E-state index in [2.05, 4.69) is 19.9 Å². The van der Waals surface area contributed by atoms with E-state index >= 15 is 0 Å². The summed E-state index contributed by atoms with van der Waals surface area (Å²) in [7, 11) is 0. The van der Waals surface area contributed by atoms with Gasteiger partial charge >= 0.3 is 0 Å². The molecule has 1 unspecified atom stereocenters. The van der Waals surface area contributed by atoms with Gasteiger partial charge in [-0.05, 0) is 15.9 Å². The molecule has 4 N–H and O–H groups in total. The lowest BCUT2D eigenvalue weighted by Crippen LogP contribution is -2.23. The first-order chi connectivity index (χ1) is 10.0. The number of hydrogen-bond acceptors (Lipinski definition) is 6. The predicted molar refractivity (Wildman–Crippen MR) is 67.9 cm³/mol. The van der Waals surface area contributed by atoms with Crippen LogP contribution in [0.3, 0.4) is 0 Å². The van der Waals surface area contributed by atoms with Gasteiger partial charge < -0.3 is 5.73 Å². The van der Waals surface area contributed by atoms with Gasteiger partial charge in [0.1, 0.15) is 0 Å². The molecule has 21 heavy (non-hydrogen) atoms. The van der Waals surface area contributed by atoms with Crippen molar-refractivity contribution in [3.8, 4) is 0 Å². The molecule has 0 saturated heterocycles. The monoisotopic (exact) mass is 295 g/mol. The fraction of sp³-hybridized carbons (Fsp3) is 0.250. The van der Waals surface area contributed by atoms with Crippen molar-refractivity contribution in [2.45, 2.75) is 18.4 Å². The van der Waals surface area contributed by atoms with Crippen LogP contribution in [0.2, 0.25) is 0 Å². The Kier molecular flexibility index (Phi) is 3.05. The van der Waals surface area contributed by atoms with Crippen LogP contribution in [0, 0.1) is 0 Å². The Bertz CT molecular complexity index is 700. The Hall–Kier alpha value is -2.55. The molecule has 110 valence electrons. The van der Waals surface area contributed by atoms with E-state index in [0.29, 0.717) is 5.56 Å². The number of nitrogens with zero attached hydrogens (tertiary/aromatic N) is 3. The van der Waals surface area contributed by atoms with Crippen LogP contribution in [-0.2, 0) is 5.92 Å². The number of halogens is 2. The number of anilines is 1. The summed E-state index contributed by atoms with van der Waals surface area (Å²) in [6, 6.07) is 5.30. The molecule has 2 aromatic rings. The molecular formula is C12H11F2N5O2. The zero-order valence-corrected chi connectivity index (χ0v) is 10.6. The second kappa shape index (κ2) is 4.77. The van der Waals surface area contributed by atoms with Gasteiger partial charge in [0.2, 0.25) is 0 Å². The zero-order valence-electron chi connectivity index (χ0n) is 10.6. The van der Waals surface area contributed by atoms with Gasteiger partial charge in [-0.2, -0.15) is 0 Å². The fourth-order valence-electron chi connectivity index (χ4n) is 2.36. The molecule has 3 rings (SSSR count). The van der Waals surface area contributed by atoms with Crippen molar-refractivity contribution in [2.75, 3.05) is 5.73 Å². The molecule has 1 aliphatic rings. The highest BCUT2D eigenvalue weighted by Gasteiger charge is 2.44. The van der Waals surface area contributed by atoms with Crippen LogP contribution in [0.15, 0.2) is 33.9 Å². The summed E-state index contributed by atoms with van der Waals surface area (Å²) in [5.74, 6) is -3.25. The molecule has 1 aromatic heterocycles. The van der Waals surface area contributed by atoms with Gasteiger partial charge in [0, 0.05) is 12.0 Å². The number of aromatic nitrogens is 2. The van der Waals surface area contributed by atoms with E-state index in [9.17, 15) is 8.78 Å². The molecule has 0 saturated carbocycles. The van der Waals surface area contributed by atoms with E-state index in [1.54, 1.807) is 23.7 Å². The molecule has 0 fully saturated rings. The maximum atomic E-state index is 13.9. The first kappa shape index (κ1) is 13.4. The standard InChI is InChI=1S/C12H11F2N5O2/c13-12(14)5-8(6-3-1-2-4-7(6)12)16-11(17-20)9-10(15)19-21-18-9/h1-4,8,20H,5H2,(H2,15,19)(H,16,17). The van der Waals surface area contributed by atoms with Crippen molar-refractivity contribution in [3.05, 3.63) is 41.1 Å². The smallest absolute Gasteiger partial charge is 0.275 e. The van der Waals surface area contributed by atoms with E-state index in [1.807, 2.05) is 0 Å². The number of amidine groups is 1. The number of rotatable bonds is 2. The van der Waals surface area contributed by atoms with Gasteiger partial charge in [0.05, 0.1) is 6.04 Å². The number of nitrogens with two attached hydrogens (primary N) is 1. The first-order valence-corrected chi connectivity index (χ1v) is 6.06. The van der Waals surface area contributed by atoms with E-state index in [0.717, 1.165) is 0 Å². The number of benzene rings is 1. The molecule has 1 aliphatic carbocycles. The molecule has 1 heterocycles. The van der Waals surface area contributed by atoms with Crippen LogP contribution < -0.4 is 11.2 Å². The van der Waals surface area contributed by atoms with Gasteiger partial charge in [-0.15, -0.1) is 0 Å². The van der Waals surface area contributed by atoms with Crippen LogP contribution in [0.25, 0.3) is 0 Å². The number of nitrogen functional groups attached to an aromatic ring is 1. The van der Waals surface area contributed by atoms with Crippen molar-refractivity contribution in [1.29, 1.82) is 0 Å². The van der Waals surface area contributed by atoms with E-state index in [4.69, 9.17) is 10.9 Å². The van der Waals surface area contributed by atoms with Gasteiger partial charge in [0.15, 0.2) is 17.3 Å². The summed E-state index contributed by atoms with van der Waals surface area (Å²) in [6.45, 7) is 0. The Morgan fingerprint density at radius 2 is 2.19 bits per heavy atom. The normalized spacial score (nSPS) is 20.3. The van der Waals surface area contributed by atoms with E-state index in [-0.39, 0.29) is 22.9 Å². The third-order valence-corrected chi connectivity index (χ3v) is 3.29. The summed E-state index contributed by atoms with van der Waals surface area (Å²) >= 11 is 0. The van der Waals surface area contributed by atoms with Gasteiger partial charge in [-0.1, -0.05) is 24.3 Å². The van der Waals surface area contributed by atoms with E-state index < -0.39 is 18.4 Å². The Balaban J connectivity index is 2.02. The van der Waals surface area contributed by atoms with Gasteiger partial charge in [-0.3, -0.25) is 15.7 Å².